The highest BCUT2D eigenvalue weighted by molar-refractivity contribution is 6.06. The summed E-state index contributed by atoms with van der Waals surface area (Å²) in [6, 6.07) is 11.0. The van der Waals surface area contributed by atoms with Gasteiger partial charge >= 0.3 is 5.69 Å². The number of ether oxygens (including phenoxy) is 1. The van der Waals surface area contributed by atoms with Crippen LogP contribution in [0.25, 0.3) is 11.0 Å². The normalized spacial score (nSPS) is 17.5. The summed E-state index contributed by atoms with van der Waals surface area (Å²) in [6.07, 6.45) is 6.00. The lowest BCUT2D eigenvalue weighted by Gasteiger charge is -2.28. The minimum absolute atomic E-state index is 0.0186. The Morgan fingerprint density at radius 1 is 1.11 bits per heavy atom. The summed E-state index contributed by atoms with van der Waals surface area (Å²) in [5, 5.41) is 5.87. The Labute approximate surface area is 213 Å². The Hall–Kier alpha value is -4.34. The smallest absolute Gasteiger partial charge is 0.326 e. The van der Waals surface area contributed by atoms with Crippen LogP contribution in [0.1, 0.15) is 47.9 Å². The molecule has 2 aromatic heterocycles. The van der Waals surface area contributed by atoms with Gasteiger partial charge in [0.25, 0.3) is 5.91 Å². The van der Waals surface area contributed by atoms with Gasteiger partial charge < -0.3 is 24.9 Å². The van der Waals surface area contributed by atoms with Gasteiger partial charge in [-0.1, -0.05) is 12.1 Å². The second-order valence-corrected chi connectivity index (χ2v) is 9.49. The summed E-state index contributed by atoms with van der Waals surface area (Å²) in [5.74, 6) is 0.508. The number of H-pyrrole nitrogens is 1. The molecule has 10 heteroatoms. The van der Waals surface area contributed by atoms with Crippen molar-refractivity contribution in [3.05, 3.63) is 70.7 Å². The molecular formula is C27H30N6O4. The molecule has 0 bridgehead atoms. The number of anilines is 2. The van der Waals surface area contributed by atoms with E-state index in [0.29, 0.717) is 42.6 Å². The minimum Gasteiger partial charge on any atom is -0.496 e. The average molecular weight is 503 g/mol. The maximum absolute atomic E-state index is 13.0. The summed E-state index contributed by atoms with van der Waals surface area (Å²) in [4.78, 5) is 45.6. The average Bonchev–Trinajstić information content (AvgIpc) is 3.48. The van der Waals surface area contributed by atoms with Gasteiger partial charge in [-0.3, -0.25) is 14.2 Å². The largest absolute Gasteiger partial charge is 0.496 e. The van der Waals surface area contributed by atoms with Gasteiger partial charge in [-0.25, -0.2) is 9.78 Å². The van der Waals surface area contributed by atoms with Crippen LogP contribution in [0.2, 0.25) is 0 Å². The number of aromatic nitrogens is 4. The number of carbonyl (C=O) groups excluding carboxylic acids is 2. The first kappa shape index (κ1) is 24.4. The number of carbonyl (C=O) groups is 2. The van der Waals surface area contributed by atoms with E-state index in [-0.39, 0.29) is 35.3 Å². The van der Waals surface area contributed by atoms with Crippen molar-refractivity contribution in [2.75, 3.05) is 17.7 Å². The van der Waals surface area contributed by atoms with E-state index in [1.54, 1.807) is 41.8 Å². The molecule has 10 nitrogen and oxygen atoms in total. The molecule has 0 unspecified atom stereocenters. The number of rotatable bonds is 6. The van der Waals surface area contributed by atoms with Crippen LogP contribution in [0.4, 0.5) is 11.4 Å². The van der Waals surface area contributed by atoms with Gasteiger partial charge in [0.1, 0.15) is 5.75 Å². The van der Waals surface area contributed by atoms with Gasteiger partial charge in [0.2, 0.25) is 5.91 Å². The molecule has 0 radical (unpaired) electrons. The van der Waals surface area contributed by atoms with Crippen molar-refractivity contribution in [3.8, 4) is 5.75 Å². The Morgan fingerprint density at radius 3 is 2.59 bits per heavy atom. The van der Waals surface area contributed by atoms with Crippen molar-refractivity contribution in [1.29, 1.82) is 0 Å². The lowest BCUT2D eigenvalue weighted by molar-refractivity contribution is -0.121. The first-order valence-corrected chi connectivity index (χ1v) is 12.3. The fourth-order valence-electron chi connectivity index (χ4n) is 5.12. The standard InChI is InChI=1S/C27H30N6O4/c1-16-7-10-18(15-22(16)37-3)29-25(34)17-8-11-19(12-9-17)33-21-6-4-5-20(23(21)31-27(33)36)30-26(35)24-28-13-14-32(24)2/h4-7,10,13-15,17,19H,8-9,11-12H2,1-3H3,(H,29,34)(H,30,35)(H,31,36). The number of amides is 2. The number of methoxy groups -OCH3 is 1. The van der Waals surface area contributed by atoms with E-state index >= 15 is 0 Å². The minimum atomic E-state index is -0.355. The molecule has 2 heterocycles. The lowest BCUT2D eigenvalue weighted by atomic mass is 9.85. The van der Waals surface area contributed by atoms with Gasteiger partial charge in [0.15, 0.2) is 5.82 Å². The van der Waals surface area contributed by atoms with Crippen molar-refractivity contribution in [3.63, 3.8) is 0 Å². The van der Waals surface area contributed by atoms with E-state index < -0.39 is 0 Å². The SMILES string of the molecule is COc1cc(NC(=O)C2CCC(n3c(=O)[nH]c4c(NC(=O)c5nccn5C)cccc43)CC2)ccc1C. The molecule has 2 amide bonds. The third-order valence-electron chi connectivity index (χ3n) is 7.13. The molecule has 0 saturated heterocycles. The second-order valence-electron chi connectivity index (χ2n) is 9.49. The van der Waals surface area contributed by atoms with Gasteiger partial charge in [0, 0.05) is 43.2 Å². The number of imidazole rings is 2. The molecule has 37 heavy (non-hydrogen) atoms. The van der Waals surface area contributed by atoms with Crippen LogP contribution in [0.3, 0.4) is 0 Å². The highest BCUT2D eigenvalue weighted by Crippen LogP contribution is 2.35. The van der Waals surface area contributed by atoms with E-state index in [2.05, 4.69) is 20.6 Å². The van der Waals surface area contributed by atoms with Crippen LogP contribution in [-0.2, 0) is 11.8 Å². The monoisotopic (exact) mass is 502 g/mol. The first-order chi connectivity index (χ1) is 17.9. The zero-order chi connectivity index (χ0) is 26.1. The highest BCUT2D eigenvalue weighted by atomic mass is 16.5. The Kier molecular flexibility index (Phi) is 6.56. The zero-order valence-corrected chi connectivity index (χ0v) is 21.1. The Morgan fingerprint density at radius 2 is 1.89 bits per heavy atom. The molecule has 3 N–H and O–H groups in total. The number of benzene rings is 2. The van der Waals surface area contributed by atoms with E-state index in [1.807, 2.05) is 37.3 Å². The molecule has 1 aliphatic rings. The fraction of sp³-hybridized carbons (Fsp3) is 0.333. The summed E-state index contributed by atoms with van der Waals surface area (Å²) in [5.41, 5.74) is 3.30. The second kappa shape index (κ2) is 9.96. The topological polar surface area (TPSA) is 123 Å². The van der Waals surface area contributed by atoms with Crippen LogP contribution in [0.15, 0.2) is 53.6 Å². The van der Waals surface area contributed by atoms with E-state index in [4.69, 9.17) is 4.74 Å². The number of fused-ring (bicyclic) bond motifs is 1. The van der Waals surface area contributed by atoms with Gasteiger partial charge in [-0.2, -0.15) is 0 Å². The summed E-state index contributed by atoms with van der Waals surface area (Å²) >= 11 is 0. The van der Waals surface area contributed by atoms with Crippen molar-refractivity contribution >= 4 is 34.2 Å². The molecular weight excluding hydrogens is 472 g/mol. The summed E-state index contributed by atoms with van der Waals surface area (Å²) < 4.78 is 8.74. The number of nitrogens with zero attached hydrogens (tertiary/aromatic N) is 3. The van der Waals surface area contributed by atoms with Crippen LogP contribution in [-0.4, -0.2) is 38.0 Å². The molecule has 0 aliphatic heterocycles. The van der Waals surface area contributed by atoms with Crippen molar-refractivity contribution in [2.24, 2.45) is 13.0 Å². The molecule has 4 aromatic rings. The lowest BCUT2D eigenvalue weighted by Crippen LogP contribution is -2.31. The number of hydrogen-bond donors (Lipinski definition) is 3. The quantitative estimate of drug-likeness (QED) is 0.368. The predicted molar refractivity (Wildman–Crippen MR) is 141 cm³/mol. The predicted octanol–water partition coefficient (Wildman–Crippen LogP) is 4.00. The molecule has 1 saturated carbocycles. The van der Waals surface area contributed by atoms with Crippen molar-refractivity contribution in [2.45, 2.75) is 38.6 Å². The van der Waals surface area contributed by atoms with E-state index in [0.717, 1.165) is 16.8 Å². The maximum Gasteiger partial charge on any atom is 0.326 e. The maximum atomic E-state index is 13.0. The Bertz CT molecular complexity index is 1520. The van der Waals surface area contributed by atoms with Crippen LogP contribution < -0.4 is 21.1 Å². The highest BCUT2D eigenvalue weighted by Gasteiger charge is 2.29. The molecule has 5 rings (SSSR count). The number of para-hydroxylation sites is 1. The third kappa shape index (κ3) is 4.74. The summed E-state index contributed by atoms with van der Waals surface area (Å²) in [7, 11) is 3.36. The fourth-order valence-corrected chi connectivity index (χ4v) is 5.12. The molecule has 0 spiro atoms. The first-order valence-electron chi connectivity index (χ1n) is 12.3. The van der Waals surface area contributed by atoms with E-state index in [9.17, 15) is 14.4 Å². The zero-order valence-electron chi connectivity index (χ0n) is 21.1. The van der Waals surface area contributed by atoms with Crippen molar-refractivity contribution in [1.82, 2.24) is 19.1 Å². The number of aromatic amines is 1. The summed E-state index contributed by atoms with van der Waals surface area (Å²) in [6.45, 7) is 1.95. The van der Waals surface area contributed by atoms with E-state index in [1.165, 1.54) is 0 Å². The molecule has 1 aliphatic carbocycles. The van der Waals surface area contributed by atoms with Crippen molar-refractivity contribution < 1.29 is 14.3 Å². The molecule has 0 atom stereocenters. The number of hydrogen-bond acceptors (Lipinski definition) is 5. The molecule has 192 valence electrons. The Balaban J connectivity index is 1.29. The molecule has 2 aromatic carbocycles. The van der Waals surface area contributed by atoms with Gasteiger partial charge in [-0.05, 0) is 56.4 Å². The number of aryl methyl sites for hydroxylation is 2. The third-order valence-corrected chi connectivity index (χ3v) is 7.13. The van der Waals surface area contributed by atoms with Crippen LogP contribution >= 0.6 is 0 Å². The number of nitrogens with one attached hydrogen (secondary N) is 3. The van der Waals surface area contributed by atoms with Gasteiger partial charge in [-0.15, -0.1) is 0 Å². The van der Waals surface area contributed by atoms with Gasteiger partial charge in [0.05, 0.1) is 23.8 Å². The van der Waals surface area contributed by atoms with Crippen LogP contribution in [0, 0.1) is 12.8 Å². The van der Waals surface area contributed by atoms with Crippen LogP contribution in [0.5, 0.6) is 5.75 Å². The molecule has 1 fully saturated rings.